The highest BCUT2D eigenvalue weighted by Gasteiger charge is 2.46. The molecule has 0 bridgehead atoms. The molecule has 0 radical (unpaired) electrons. The van der Waals surface area contributed by atoms with Crippen LogP contribution in [0.1, 0.15) is 42.4 Å². The van der Waals surface area contributed by atoms with Crippen LogP contribution < -0.4 is 5.73 Å². The summed E-state index contributed by atoms with van der Waals surface area (Å²) in [5.41, 5.74) is 3.63. The number of carbonyl (C=O) groups is 1. The molecule has 31 heavy (non-hydrogen) atoms. The van der Waals surface area contributed by atoms with Crippen molar-refractivity contribution in [2.75, 3.05) is 5.75 Å². The van der Waals surface area contributed by atoms with E-state index in [1.807, 2.05) is 0 Å². The quantitative estimate of drug-likeness (QED) is 0.436. The molecule has 1 aliphatic heterocycles. The Balaban J connectivity index is 2.06. The average Bonchev–Trinajstić information content (AvgIpc) is 2.62. The third kappa shape index (κ3) is 3.96. The molecule has 2 heterocycles. The van der Waals surface area contributed by atoms with Gasteiger partial charge in [0.25, 0.3) is 0 Å². The van der Waals surface area contributed by atoms with Crippen molar-refractivity contribution in [2.45, 2.75) is 37.5 Å². The van der Waals surface area contributed by atoms with Gasteiger partial charge in [0.05, 0.1) is 16.5 Å². The predicted octanol–water partition coefficient (Wildman–Crippen LogP) is 3.14. The Bertz CT molecular complexity index is 1230. The molecule has 2 atom stereocenters. The second kappa shape index (κ2) is 7.44. The Morgan fingerprint density at radius 2 is 1.81 bits per heavy atom. The molecule has 1 unspecified atom stereocenters. The highest BCUT2D eigenvalue weighted by atomic mass is 32.2. The monoisotopic (exact) mass is 455 g/mol. The third-order valence-corrected chi connectivity index (χ3v) is 8.63. The summed E-state index contributed by atoms with van der Waals surface area (Å²) in [4.78, 5) is 20.1. The normalized spacial score (nSPS) is 25.2. The van der Waals surface area contributed by atoms with E-state index < -0.39 is 61.0 Å². The summed E-state index contributed by atoms with van der Waals surface area (Å²) in [6.45, 7) is 4.67. The van der Waals surface area contributed by atoms with Crippen molar-refractivity contribution in [2.24, 2.45) is 10.7 Å². The van der Waals surface area contributed by atoms with E-state index in [1.165, 1.54) is 13.0 Å². The second-order valence-electron chi connectivity index (χ2n) is 8.26. The summed E-state index contributed by atoms with van der Waals surface area (Å²) in [7, 11) is -2.89. The number of ketones is 1. The van der Waals surface area contributed by atoms with Crippen molar-refractivity contribution < 1.29 is 26.6 Å². The van der Waals surface area contributed by atoms with Gasteiger partial charge in [0.15, 0.2) is 23.2 Å². The van der Waals surface area contributed by atoms with E-state index in [4.69, 9.17) is 5.73 Å². The smallest absolute Gasteiger partial charge is 0.188 e. The zero-order chi connectivity index (χ0) is 23.4. The van der Waals surface area contributed by atoms with Gasteiger partial charge in [-0.1, -0.05) is 0 Å². The van der Waals surface area contributed by atoms with Gasteiger partial charge in [-0.2, -0.15) is 0 Å². The molecule has 0 aliphatic carbocycles. The zero-order valence-electron chi connectivity index (χ0n) is 17.1. The number of Topliss-reactive ketones (excluding diaryl/α,β-unsaturated/α-hetero) is 1. The molecule has 2 N–H and O–H groups in total. The number of hydrogen-bond donors (Lipinski definition) is 1. The minimum absolute atomic E-state index is 0.0137. The number of hydrogen-bond acceptors (Lipinski definition) is 5. The van der Waals surface area contributed by atoms with Gasteiger partial charge in [0, 0.05) is 23.8 Å². The highest BCUT2D eigenvalue weighted by Crippen LogP contribution is 2.38. The molecule has 5 nitrogen and oxygen atoms in total. The summed E-state index contributed by atoms with van der Waals surface area (Å²) < 4.78 is 68.1. The van der Waals surface area contributed by atoms with Crippen molar-refractivity contribution in [3.8, 4) is 0 Å². The van der Waals surface area contributed by atoms with Crippen molar-refractivity contribution in [3.05, 3.63) is 64.5 Å². The van der Waals surface area contributed by atoms with Crippen LogP contribution >= 0.6 is 0 Å². The first kappa shape index (κ1) is 22.9. The first-order valence-electron chi connectivity index (χ1n) is 9.21. The van der Waals surface area contributed by atoms with E-state index in [-0.39, 0.29) is 22.7 Å². The van der Waals surface area contributed by atoms with Gasteiger partial charge in [-0.05, 0) is 53.9 Å². The van der Waals surface area contributed by atoms with Crippen LogP contribution in [0.2, 0.25) is 0 Å². The number of nitrogens with zero attached hydrogens (tertiary/aromatic N) is 2. The molecule has 1 aromatic heterocycles. The summed E-state index contributed by atoms with van der Waals surface area (Å²) in [5.74, 6) is -1.92. The molecule has 0 spiro atoms. The second-order valence-corrected chi connectivity index (χ2v) is 11.2. The van der Waals surface area contributed by atoms with Gasteiger partial charge in [-0.15, -0.1) is 0 Å². The average molecular weight is 455 g/mol. The van der Waals surface area contributed by atoms with Crippen LogP contribution in [0.3, 0.4) is 0 Å². The lowest BCUT2D eigenvalue weighted by atomic mass is 9.90. The number of pyridine rings is 1. The number of rotatable bonds is 4. The molecule has 1 aromatic carbocycles. The van der Waals surface area contributed by atoms with E-state index in [9.17, 15) is 26.6 Å². The van der Waals surface area contributed by atoms with Gasteiger partial charge in [-0.25, -0.2) is 22.5 Å². The Labute approximate surface area is 177 Å². The number of halogens is 4. The largest absolute Gasteiger partial charge is 0.386 e. The maximum atomic E-state index is 14.8. The fraction of sp³-hybridized carbons (Fsp3) is 0.333. The predicted molar refractivity (Wildman–Crippen MR) is 112 cm³/mol. The Morgan fingerprint density at radius 3 is 2.39 bits per heavy atom. The molecule has 0 amide bonds. The lowest BCUT2D eigenvalue weighted by molar-refractivity contribution is 0.0983. The number of nitrogens with two attached hydrogens (primary N) is 1. The molecule has 3 rings (SSSR count). The molecule has 166 valence electrons. The Kier molecular flexibility index (Phi) is 5.50. The number of amidine groups is 1. The fourth-order valence-electron chi connectivity index (χ4n) is 3.42. The number of aliphatic imine (C=N–C) groups is 1. The number of aromatic nitrogens is 1. The first-order valence-corrected chi connectivity index (χ1v) is 11.1. The Morgan fingerprint density at radius 1 is 1.16 bits per heavy atom. The van der Waals surface area contributed by atoms with Gasteiger partial charge >= 0.3 is 0 Å². The molecule has 0 fully saturated rings. The number of carbonyl (C=O) groups excluding carboxylic acids is 1. The van der Waals surface area contributed by atoms with Crippen LogP contribution in [-0.2, 0) is 21.5 Å². The van der Waals surface area contributed by atoms with Crippen molar-refractivity contribution in [3.63, 3.8) is 0 Å². The molecule has 10 heteroatoms. The molecular weight excluding hydrogens is 434 g/mol. The lowest BCUT2D eigenvalue weighted by Crippen LogP contribution is -2.54. The standard InChI is InChI=1S/C21H21F4N3O2S/c1-20(2)19(26)28-21(3,10-31(20,4)30)13-5-11(6-14(23)17(13)25)7-16(29)18-15(24)8-12(22)9-27-18/h5-6,8-9H,4,7,10H2,1-3H3,(H2,26,28)/t21-,31?/m0/s1. The molecule has 0 saturated carbocycles. The highest BCUT2D eigenvalue weighted by molar-refractivity contribution is 8.02. The van der Waals surface area contributed by atoms with Gasteiger partial charge < -0.3 is 5.73 Å². The van der Waals surface area contributed by atoms with E-state index in [0.29, 0.717) is 12.3 Å². The zero-order valence-corrected chi connectivity index (χ0v) is 18.0. The van der Waals surface area contributed by atoms with Crippen LogP contribution in [0, 0.1) is 23.3 Å². The van der Waals surface area contributed by atoms with Crippen LogP contribution in [0.25, 0.3) is 0 Å². The van der Waals surface area contributed by atoms with Crippen molar-refractivity contribution in [1.29, 1.82) is 0 Å². The number of benzene rings is 1. The van der Waals surface area contributed by atoms with Gasteiger partial charge in [0.2, 0.25) is 0 Å². The van der Waals surface area contributed by atoms with Crippen molar-refractivity contribution >= 4 is 27.0 Å². The molecule has 2 aromatic rings. The van der Waals surface area contributed by atoms with Gasteiger partial charge in [0.1, 0.15) is 17.3 Å². The lowest BCUT2D eigenvalue weighted by Gasteiger charge is -2.41. The Hall–Kier alpha value is -2.75. The first-order chi connectivity index (χ1) is 14.2. The van der Waals surface area contributed by atoms with Crippen molar-refractivity contribution in [1.82, 2.24) is 4.98 Å². The third-order valence-electron chi connectivity index (χ3n) is 5.53. The van der Waals surface area contributed by atoms with E-state index in [1.54, 1.807) is 13.8 Å². The van der Waals surface area contributed by atoms with E-state index in [2.05, 4.69) is 15.8 Å². The van der Waals surface area contributed by atoms with Crippen LogP contribution in [0.15, 0.2) is 29.4 Å². The summed E-state index contributed by atoms with van der Waals surface area (Å²) in [5, 5.41) is 0. The SMILES string of the molecule is C=S1(=O)C[C@@](C)(c2cc(CC(=O)c3ncc(F)cc3F)cc(F)c2F)N=C(N)C1(C)C. The summed E-state index contributed by atoms with van der Waals surface area (Å²) in [6.07, 6.45) is 0.153. The van der Waals surface area contributed by atoms with Crippen LogP contribution in [0.5, 0.6) is 0 Å². The fourth-order valence-corrected chi connectivity index (χ4v) is 5.34. The molecule has 0 saturated heterocycles. The summed E-state index contributed by atoms with van der Waals surface area (Å²) in [6, 6.07) is 2.50. The minimum Gasteiger partial charge on any atom is -0.386 e. The minimum atomic E-state index is -2.89. The topological polar surface area (TPSA) is 85.4 Å². The van der Waals surface area contributed by atoms with Gasteiger partial charge in [-0.3, -0.25) is 14.0 Å². The molecular formula is C21H21F4N3O2S. The van der Waals surface area contributed by atoms with Crippen LogP contribution in [0.4, 0.5) is 17.6 Å². The van der Waals surface area contributed by atoms with Crippen LogP contribution in [-0.4, -0.2) is 37.2 Å². The van der Waals surface area contributed by atoms with E-state index in [0.717, 1.165) is 6.07 Å². The molecule has 1 aliphatic rings. The maximum absolute atomic E-state index is 14.8. The maximum Gasteiger partial charge on any atom is 0.188 e. The summed E-state index contributed by atoms with van der Waals surface area (Å²) >= 11 is 0. The van der Waals surface area contributed by atoms with E-state index >= 15 is 0 Å².